The van der Waals surface area contributed by atoms with E-state index in [-0.39, 0.29) is 12.2 Å². The van der Waals surface area contributed by atoms with Crippen LogP contribution in [-0.2, 0) is 14.2 Å². The Hall–Kier alpha value is -0.780. The van der Waals surface area contributed by atoms with E-state index in [4.69, 9.17) is 14.2 Å². The first-order valence-corrected chi connectivity index (χ1v) is 14.1. The minimum Gasteiger partial charge on any atom is -0.378 e. The standard InChI is InChI=1S/C29H46F2O3/c1-2-3-4-17-32-27-15-13-24(14-16-27)26-19-33-29(34-20-26)25-11-9-23(10-12-25)22-7-5-21(6-8-22)18-28(30)31/h2,18,21-27,29H,1,3-17,19-20H2. The van der Waals surface area contributed by atoms with Crippen LogP contribution in [0, 0.1) is 35.5 Å². The Morgan fingerprint density at radius 3 is 1.85 bits per heavy atom. The third-order valence-electron chi connectivity index (χ3n) is 9.29. The van der Waals surface area contributed by atoms with Crippen LogP contribution >= 0.6 is 0 Å². The van der Waals surface area contributed by atoms with Crippen molar-refractivity contribution >= 4 is 0 Å². The van der Waals surface area contributed by atoms with Crippen LogP contribution in [0.15, 0.2) is 24.8 Å². The fourth-order valence-electron chi connectivity index (χ4n) is 7.13. The normalized spacial score (nSPS) is 39.4. The van der Waals surface area contributed by atoms with E-state index in [1.807, 2.05) is 6.08 Å². The van der Waals surface area contributed by atoms with Gasteiger partial charge in [-0.3, -0.25) is 0 Å². The Kier molecular flexibility index (Phi) is 10.4. The molecule has 3 aliphatic carbocycles. The first-order valence-electron chi connectivity index (χ1n) is 14.1. The van der Waals surface area contributed by atoms with Gasteiger partial charge < -0.3 is 14.2 Å². The molecular weight excluding hydrogens is 434 g/mol. The van der Waals surface area contributed by atoms with E-state index in [1.165, 1.54) is 57.4 Å². The van der Waals surface area contributed by atoms with E-state index < -0.39 is 6.08 Å². The molecule has 4 aliphatic rings. The summed E-state index contributed by atoms with van der Waals surface area (Å²) in [6.07, 6.45) is 17.9. The summed E-state index contributed by atoms with van der Waals surface area (Å²) in [6, 6.07) is 0. The van der Waals surface area contributed by atoms with Crippen LogP contribution in [0.3, 0.4) is 0 Å². The third-order valence-corrected chi connectivity index (χ3v) is 9.29. The molecule has 0 atom stereocenters. The summed E-state index contributed by atoms with van der Waals surface area (Å²) in [7, 11) is 0. The highest BCUT2D eigenvalue weighted by Crippen LogP contribution is 2.44. The molecule has 0 radical (unpaired) electrons. The van der Waals surface area contributed by atoms with E-state index in [0.29, 0.717) is 23.9 Å². The predicted octanol–water partition coefficient (Wildman–Crippen LogP) is 7.91. The van der Waals surface area contributed by atoms with Crippen molar-refractivity contribution in [2.24, 2.45) is 35.5 Å². The molecular formula is C29H46F2O3. The van der Waals surface area contributed by atoms with Gasteiger partial charge in [0.1, 0.15) is 0 Å². The molecule has 0 unspecified atom stereocenters. The van der Waals surface area contributed by atoms with Crippen molar-refractivity contribution in [3.8, 4) is 0 Å². The summed E-state index contributed by atoms with van der Waals surface area (Å²) in [5, 5.41) is 0. The van der Waals surface area contributed by atoms with Crippen LogP contribution in [0.5, 0.6) is 0 Å². The molecule has 1 heterocycles. The third kappa shape index (κ3) is 7.61. The van der Waals surface area contributed by atoms with E-state index in [1.54, 1.807) is 0 Å². The van der Waals surface area contributed by atoms with Crippen molar-refractivity contribution in [1.29, 1.82) is 0 Å². The number of rotatable bonds is 9. The van der Waals surface area contributed by atoms with Gasteiger partial charge in [0.2, 0.25) is 0 Å². The molecule has 0 aromatic heterocycles. The maximum Gasteiger partial charge on any atom is 0.266 e. The van der Waals surface area contributed by atoms with Crippen LogP contribution in [0.1, 0.15) is 89.9 Å². The maximum atomic E-state index is 12.5. The van der Waals surface area contributed by atoms with Crippen molar-refractivity contribution in [2.75, 3.05) is 19.8 Å². The molecule has 194 valence electrons. The van der Waals surface area contributed by atoms with E-state index in [9.17, 15) is 8.78 Å². The quantitative estimate of drug-likeness (QED) is 0.248. The fraction of sp³-hybridized carbons (Fsp3) is 0.862. The lowest BCUT2D eigenvalue weighted by Crippen LogP contribution is -2.42. The van der Waals surface area contributed by atoms with Gasteiger partial charge in [-0.2, -0.15) is 8.78 Å². The Morgan fingerprint density at radius 1 is 0.735 bits per heavy atom. The predicted molar refractivity (Wildman–Crippen MR) is 132 cm³/mol. The highest BCUT2D eigenvalue weighted by atomic mass is 19.3. The van der Waals surface area contributed by atoms with Gasteiger partial charge >= 0.3 is 0 Å². The number of halogens is 2. The molecule has 0 bridgehead atoms. The lowest BCUT2D eigenvalue weighted by molar-refractivity contribution is -0.238. The largest absolute Gasteiger partial charge is 0.378 e. The summed E-state index contributed by atoms with van der Waals surface area (Å²) < 4.78 is 43.7. The van der Waals surface area contributed by atoms with Crippen molar-refractivity contribution < 1.29 is 23.0 Å². The van der Waals surface area contributed by atoms with Gasteiger partial charge in [-0.25, -0.2) is 0 Å². The Morgan fingerprint density at radius 2 is 1.26 bits per heavy atom. The van der Waals surface area contributed by atoms with Crippen molar-refractivity contribution in [1.82, 2.24) is 0 Å². The van der Waals surface area contributed by atoms with E-state index >= 15 is 0 Å². The monoisotopic (exact) mass is 480 g/mol. The average Bonchev–Trinajstić information content (AvgIpc) is 2.87. The number of allylic oxidation sites excluding steroid dienone is 2. The number of ether oxygens (including phenoxy) is 3. The summed E-state index contributed by atoms with van der Waals surface area (Å²) >= 11 is 0. The molecule has 4 rings (SSSR count). The smallest absolute Gasteiger partial charge is 0.266 e. The van der Waals surface area contributed by atoms with Gasteiger partial charge in [-0.15, -0.1) is 6.58 Å². The topological polar surface area (TPSA) is 27.7 Å². The summed E-state index contributed by atoms with van der Waals surface area (Å²) in [4.78, 5) is 0. The summed E-state index contributed by atoms with van der Waals surface area (Å²) in [6.45, 7) is 6.33. The summed E-state index contributed by atoms with van der Waals surface area (Å²) in [5.41, 5.74) is 0. The van der Waals surface area contributed by atoms with E-state index in [2.05, 4.69) is 6.58 Å². The number of hydrogen-bond acceptors (Lipinski definition) is 3. The summed E-state index contributed by atoms with van der Waals surface area (Å²) in [5.74, 6) is 3.36. The van der Waals surface area contributed by atoms with Crippen molar-refractivity contribution in [3.05, 3.63) is 24.8 Å². The molecule has 0 aromatic carbocycles. The first-order chi connectivity index (χ1) is 16.6. The lowest BCUT2D eigenvalue weighted by Gasteiger charge is -2.42. The Bertz CT molecular complexity index is 617. The van der Waals surface area contributed by atoms with Gasteiger partial charge in [0, 0.05) is 18.4 Å². The van der Waals surface area contributed by atoms with Crippen LogP contribution in [0.4, 0.5) is 8.78 Å². The highest BCUT2D eigenvalue weighted by molar-refractivity contribution is 4.92. The van der Waals surface area contributed by atoms with Gasteiger partial charge in [0.25, 0.3) is 6.08 Å². The molecule has 0 spiro atoms. The van der Waals surface area contributed by atoms with Crippen LogP contribution in [0.2, 0.25) is 0 Å². The molecule has 0 amide bonds. The molecule has 4 fully saturated rings. The van der Waals surface area contributed by atoms with E-state index in [0.717, 1.165) is 70.2 Å². The molecule has 0 aromatic rings. The molecule has 5 heteroatoms. The van der Waals surface area contributed by atoms with Crippen molar-refractivity contribution in [3.63, 3.8) is 0 Å². The minimum atomic E-state index is -1.50. The zero-order valence-corrected chi connectivity index (χ0v) is 21.0. The van der Waals surface area contributed by atoms with Gasteiger partial charge in [0.05, 0.1) is 19.3 Å². The lowest BCUT2D eigenvalue weighted by atomic mass is 9.69. The van der Waals surface area contributed by atoms with Crippen LogP contribution in [-0.4, -0.2) is 32.2 Å². The molecule has 3 nitrogen and oxygen atoms in total. The molecule has 1 saturated heterocycles. The second-order valence-corrected chi connectivity index (χ2v) is 11.4. The van der Waals surface area contributed by atoms with Gasteiger partial charge in [-0.05, 0) is 120 Å². The fourth-order valence-corrected chi connectivity index (χ4v) is 7.13. The Balaban J connectivity index is 1.10. The maximum absolute atomic E-state index is 12.5. The molecule has 34 heavy (non-hydrogen) atoms. The Labute approximate surface area is 205 Å². The molecule has 0 N–H and O–H groups in total. The number of hydrogen-bond donors (Lipinski definition) is 0. The highest BCUT2D eigenvalue weighted by Gasteiger charge is 2.38. The van der Waals surface area contributed by atoms with Crippen LogP contribution in [0.25, 0.3) is 0 Å². The van der Waals surface area contributed by atoms with Gasteiger partial charge in [0.15, 0.2) is 6.29 Å². The van der Waals surface area contributed by atoms with Gasteiger partial charge in [-0.1, -0.05) is 6.08 Å². The van der Waals surface area contributed by atoms with Crippen molar-refractivity contribution in [2.45, 2.75) is 102 Å². The zero-order chi connectivity index (χ0) is 23.8. The second kappa shape index (κ2) is 13.5. The van der Waals surface area contributed by atoms with Crippen LogP contribution < -0.4 is 0 Å². The molecule has 1 aliphatic heterocycles. The second-order valence-electron chi connectivity index (χ2n) is 11.4. The first kappa shape index (κ1) is 26.3. The molecule has 3 saturated carbocycles. The minimum absolute atomic E-state index is 0.0184. The SMILES string of the molecule is C=CCCCOC1CCC(C2COC(C3CCC(C4CCC(C=C(F)F)CC4)CC3)OC2)CC1. The number of unbranched alkanes of at least 4 members (excludes halogenated alkanes) is 1. The average molecular weight is 481 g/mol. The zero-order valence-electron chi connectivity index (χ0n) is 21.0.